The van der Waals surface area contributed by atoms with Crippen LogP contribution >= 0.6 is 0 Å². The highest BCUT2D eigenvalue weighted by molar-refractivity contribution is 5.88. The average Bonchev–Trinajstić information content (AvgIpc) is 2.16. The third kappa shape index (κ3) is 1.42. The zero-order chi connectivity index (χ0) is 10.1. The number of aromatic carboxylic acids is 1. The molecule has 0 spiro atoms. The molecule has 0 aliphatic heterocycles. The van der Waals surface area contributed by atoms with Gasteiger partial charge in [-0.2, -0.15) is 0 Å². The molecule has 1 N–H and O–H groups in total. The van der Waals surface area contributed by atoms with E-state index >= 15 is 0 Å². The van der Waals surface area contributed by atoms with Crippen LogP contribution in [0.15, 0.2) is 24.4 Å². The number of pyridine rings is 2. The maximum absolute atomic E-state index is 10.6. The molecule has 0 aromatic carbocycles. The summed E-state index contributed by atoms with van der Waals surface area (Å²) in [7, 11) is 0. The van der Waals surface area contributed by atoms with Crippen LogP contribution < -0.4 is 0 Å². The predicted molar refractivity (Wildman–Crippen MR) is 51.2 cm³/mol. The third-order valence-corrected chi connectivity index (χ3v) is 1.89. The molecule has 0 atom stereocenters. The fourth-order valence-corrected chi connectivity index (χ4v) is 1.23. The zero-order valence-electron chi connectivity index (χ0n) is 7.56. The van der Waals surface area contributed by atoms with Gasteiger partial charge in [0.15, 0.2) is 0 Å². The Morgan fingerprint density at radius 3 is 2.86 bits per heavy atom. The first-order valence-corrected chi connectivity index (χ1v) is 4.13. The molecule has 2 heterocycles. The summed E-state index contributed by atoms with van der Waals surface area (Å²) in [6, 6.07) is 4.92. The van der Waals surface area contributed by atoms with Gasteiger partial charge in [-0.25, -0.2) is 9.78 Å². The number of aryl methyl sites for hydroxylation is 1. The van der Waals surface area contributed by atoms with Gasteiger partial charge in [-0.3, -0.25) is 4.98 Å². The van der Waals surface area contributed by atoms with Crippen molar-refractivity contribution in [2.45, 2.75) is 6.92 Å². The van der Waals surface area contributed by atoms with Gasteiger partial charge >= 0.3 is 5.97 Å². The summed E-state index contributed by atoms with van der Waals surface area (Å²) in [5, 5.41) is 8.73. The van der Waals surface area contributed by atoms with E-state index in [1.807, 2.05) is 13.0 Å². The summed E-state index contributed by atoms with van der Waals surface area (Å²) in [4.78, 5) is 18.7. The topological polar surface area (TPSA) is 63.1 Å². The van der Waals surface area contributed by atoms with Crippen molar-refractivity contribution in [2.75, 3.05) is 0 Å². The lowest BCUT2D eigenvalue weighted by Crippen LogP contribution is -2.00. The molecule has 70 valence electrons. The van der Waals surface area contributed by atoms with E-state index in [0.29, 0.717) is 11.0 Å². The summed E-state index contributed by atoms with van der Waals surface area (Å²) in [5.41, 5.74) is 2.34. The number of hydrogen-bond acceptors (Lipinski definition) is 3. The van der Waals surface area contributed by atoms with Crippen LogP contribution in [0.25, 0.3) is 11.0 Å². The van der Waals surface area contributed by atoms with Crippen LogP contribution in [-0.2, 0) is 0 Å². The van der Waals surface area contributed by atoms with E-state index < -0.39 is 5.97 Å². The molecule has 2 aromatic heterocycles. The maximum Gasteiger partial charge on any atom is 0.354 e. The highest BCUT2D eigenvalue weighted by atomic mass is 16.4. The van der Waals surface area contributed by atoms with Crippen LogP contribution in [-0.4, -0.2) is 21.0 Å². The summed E-state index contributed by atoms with van der Waals surface area (Å²) in [5.74, 6) is -1.02. The Morgan fingerprint density at radius 1 is 1.36 bits per heavy atom. The third-order valence-electron chi connectivity index (χ3n) is 1.89. The van der Waals surface area contributed by atoms with E-state index in [2.05, 4.69) is 9.97 Å². The average molecular weight is 188 g/mol. The van der Waals surface area contributed by atoms with Gasteiger partial charge in [0.25, 0.3) is 0 Å². The minimum atomic E-state index is -1.02. The highest BCUT2D eigenvalue weighted by Gasteiger charge is 2.05. The van der Waals surface area contributed by atoms with Crippen molar-refractivity contribution in [3.05, 3.63) is 35.7 Å². The van der Waals surface area contributed by atoms with Gasteiger partial charge in [0.2, 0.25) is 0 Å². The Kier molecular flexibility index (Phi) is 1.89. The van der Waals surface area contributed by atoms with E-state index in [1.54, 1.807) is 12.3 Å². The molecular weight excluding hydrogens is 180 g/mol. The van der Waals surface area contributed by atoms with Gasteiger partial charge in [0.1, 0.15) is 5.69 Å². The van der Waals surface area contributed by atoms with Crippen LogP contribution in [0.4, 0.5) is 0 Å². The molecule has 4 nitrogen and oxygen atoms in total. The second-order valence-corrected chi connectivity index (χ2v) is 3.05. The normalized spacial score (nSPS) is 10.4. The van der Waals surface area contributed by atoms with Gasteiger partial charge in [-0.1, -0.05) is 0 Å². The van der Waals surface area contributed by atoms with E-state index in [1.165, 1.54) is 6.07 Å². The fourth-order valence-electron chi connectivity index (χ4n) is 1.23. The number of aromatic nitrogens is 2. The SMILES string of the molecule is Cc1cnc2ccc(C(=O)O)nc2c1. The van der Waals surface area contributed by atoms with E-state index in [9.17, 15) is 4.79 Å². The Balaban J connectivity index is 2.69. The van der Waals surface area contributed by atoms with E-state index in [-0.39, 0.29) is 5.69 Å². The highest BCUT2D eigenvalue weighted by Crippen LogP contribution is 2.11. The number of carboxylic acids is 1. The lowest BCUT2D eigenvalue weighted by Gasteiger charge is -1.98. The lowest BCUT2D eigenvalue weighted by atomic mass is 10.2. The van der Waals surface area contributed by atoms with Gasteiger partial charge in [-0.15, -0.1) is 0 Å². The number of carbonyl (C=O) groups is 1. The quantitative estimate of drug-likeness (QED) is 0.738. The Labute approximate surface area is 80.2 Å². The second kappa shape index (κ2) is 3.06. The summed E-state index contributed by atoms with van der Waals surface area (Å²) < 4.78 is 0. The van der Waals surface area contributed by atoms with Crippen molar-refractivity contribution in [3.8, 4) is 0 Å². The number of nitrogens with zero attached hydrogens (tertiary/aromatic N) is 2. The van der Waals surface area contributed by atoms with Crippen molar-refractivity contribution in [1.29, 1.82) is 0 Å². The van der Waals surface area contributed by atoms with Crippen molar-refractivity contribution in [1.82, 2.24) is 9.97 Å². The van der Waals surface area contributed by atoms with E-state index in [4.69, 9.17) is 5.11 Å². The molecule has 2 aromatic rings. The molecule has 0 amide bonds. The minimum Gasteiger partial charge on any atom is -0.477 e. The lowest BCUT2D eigenvalue weighted by molar-refractivity contribution is 0.0691. The van der Waals surface area contributed by atoms with Gasteiger partial charge in [0.05, 0.1) is 11.0 Å². The second-order valence-electron chi connectivity index (χ2n) is 3.05. The molecular formula is C10H8N2O2. The molecule has 0 aliphatic rings. The van der Waals surface area contributed by atoms with Crippen LogP contribution in [0.5, 0.6) is 0 Å². The van der Waals surface area contributed by atoms with Crippen LogP contribution in [0, 0.1) is 6.92 Å². The molecule has 0 radical (unpaired) electrons. The summed E-state index contributed by atoms with van der Waals surface area (Å²) in [6.07, 6.45) is 1.73. The first-order chi connectivity index (χ1) is 6.66. The number of rotatable bonds is 1. The molecule has 2 rings (SSSR count). The maximum atomic E-state index is 10.6. The standard InChI is InChI=1S/C10H8N2O2/c1-6-4-9-7(11-5-6)2-3-8(12-9)10(13)14/h2-5H,1H3,(H,13,14). The smallest absolute Gasteiger partial charge is 0.354 e. The van der Waals surface area contributed by atoms with Crippen molar-refractivity contribution in [2.24, 2.45) is 0 Å². The first kappa shape index (κ1) is 8.62. The van der Waals surface area contributed by atoms with Crippen LogP contribution in [0.1, 0.15) is 16.1 Å². The number of fused-ring (bicyclic) bond motifs is 1. The Bertz CT molecular complexity index is 508. The zero-order valence-corrected chi connectivity index (χ0v) is 7.56. The van der Waals surface area contributed by atoms with Gasteiger partial charge < -0.3 is 5.11 Å². The minimum absolute atomic E-state index is 0.0462. The molecule has 0 unspecified atom stereocenters. The predicted octanol–water partition coefficient (Wildman–Crippen LogP) is 1.64. The molecule has 0 bridgehead atoms. The number of hydrogen-bond donors (Lipinski definition) is 1. The van der Waals surface area contributed by atoms with Gasteiger partial charge in [0, 0.05) is 6.20 Å². The molecule has 0 saturated carbocycles. The molecule has 0 fully saturated rings. The van der Waals surface area contributed by atoms with Crippen LogP contribution in [0.3, 0.4) is 0 Å². The Hall–Kier alpha value is -1.97. The fraction of sp³-hybridized carbons (Fsp3) is 0.100. The van der Waals surface area contributed by atoms with Gasteiger partial charge in [-0.05, 0) is 30.7 Å². The van der Waals surface area contributed by atoms with Crippen molar-refractivity contribution < 1.29 is 9.90 Å². The van der Waals surface area contributed by atoms with Crippen LogP contribution in [0.2, 0.25) is 0 Å². The van der Waals surface area contributed by atoms with Crippen molar-refractivity contribution in [3.63, 3.8) is 0 Å². The molecule has 0 aliphatic carbocycles. The van der Waals surface area contributed by atoms with Crippen molar-refractivity contribution >= 4 is 17.0 Å². The molecule has 0 saturated heterocycles. The van der Waals surface area contributed by atoms with E-state index in [0.717, 1.165) is 5.56 Å². The number of carboxylic acid groups (broad SMARTS) is 1. The first-order valence-electron chi connectivity index (χ1n) is 4.13. The Morgan fingerprint density at radius 2 is 2.14 bits per heavy atom. The summed E-state index contributed by atoms with van der Waals surface area (Å²) >= 11 is 0. The largest absolute Gasteiger partial charge is 0.477 e. The molecule has 14 heavy (non-hydrogen) atoms. The molecule has 4 heteroatoms. The monoisotopic (exact) mass is 188 g/mol. The summed E-state index contributed by atoms with van der Waals surface area (Å²) in [6.45, 7) is 1.89.